The SMILES string of the molecule is CC/C=C\C[C@H](O)/C=C/C=C\C/C=C\C/C=C\C=C\[C@@H]1CCC(=O)O1. The molecule has 0 spiro atoms. The van der Waals surface area contributed by atoms with Crippen molar-refractivity contribution in [3.63, 3.8) is 0 Å². The third-order valence-electron chi connectivity index (χ3n) is 3.56. The Balaban J connectivity index is 2.07. The normalized spacial score (nSPS) is 20.4. The molecule has 0 radical (unpaired) electrons. The van der Waals surface area contributed by atoms with Gasteiger partial charge in [0.05, 0.1) is 6.10 Å². The molecule has 1 fully saturated rings. The monoisotopic (exact) mass is 342 g/mol. The Kier molecular flexibility index (Phi) is 11.9. The van der Waals surface area contributed by atoms with Crippen LogP contribution in [0.15, 0.2) is 72.9 Å². The molecule has 3 nitrogen and oxygen atoms in total. The summed E-state index contributed by atoms with van der Waals surface area (Å²) in [7, 11) is 0. The fourth-order valence-corrected chi connectivity index (χ4v) is 2.21. The lowest BCUT2D eigenvalue weighted by atomic mass is 10.2. The molecule has 0 amide bonds. The molecule has 2 atom stereocenters. The number of aliphatic hydroxyl groups is 1. The summed E-state index contributed by atoms with van der Waals surface area (Å²) in [5.74, 6) is -0.104. The number of allylic oxidation sites excluding steroid dienone is 9. The van der Waals surface area contributed by atoms with Crippen LogP contribution in [0.5, 0.6) is 0 Å². The van der Waals surface area contributed by atoms with E-state index in [0.29, 0.717) is 12.8 Å². The van der Waals surface area contributed by atoms with E-state index in [9.17, 15) is 9.90 Å². The molecule has 1 rings (SSSR count). The number of ether oxygens (including phenoxy) is 1. The largest absolute Gasteiger partial charge is 0.458 e. The maximum atomic E-state index is 10.9. The summed E-state index contributed by atoms with van der Waals surface area (Å²) in [6.07, 6.45) is 28.2. The predicted molar refractivity (Wildman–Crippen MR) is 104 cm³/mol. The molecule has 0 unspecified atom stereocenters. The zero-order valence-electron chi connectivity index (χ0n) is 15.1. The first-order chi connectivity index (χ1) is 12.2. The average Bonchev–Trinajstić information content (AvgIpc) is 3.01. The van der Waals surface area contributed by atoms with Gasteiger partial charge in [-0.2, -0.15) is 0 Å². The van der Waals surface area contributed by atoms with Crippen LogP contribution in [0.2, 0.25) is 0 Å². The molecule has 0 saturated carbocycles. The smallest absolute Gasteiger partial charge is 0.306 e. The third-order valence-corrected chi connectivity index (χ3v) is 3.56. The Morgan fingerprint density at radius 3 is 2.40 bits per heavy atom. The first-order valence-corrected chi connectivity index (χ1v) is 9.06. The van der Waals surface area contributed by atoms with Crippen molar-refractivity contribution >= 4 is 5.97 Å². The maximum Gasteiger partial charge on any atom is 0.306 e. The first-order valence-electron chi connectivity index (χ1n) is 9.06. The van der Waals surface area contributed by atoms with Gasteiger partial charge >= 0.3 is 5.97 Å². The van der Waals surface area contributed by atoms with E-state index in [1.54, 1.807) is 6.08 Å². The van der Waals surface area contributed by atoms with Crippen LogP contribution < -0.4 is 0 Å². The minimum absolute atomic E-state index is 0.0490. The summed E-state index contributed by atoms with van der Waals surface area (Å²) in [5, 5.41) is 9.68. The van der Waals surface area contributed by atoms with Crippen LogP contribution in [0.1, 0.15) is 45.4 Å². The Morgan fingerprint density at radius 1 is 1.04 bits per heavy atom. The summed E-state index contributed by atoms with van der Waals surface area (Å²) >= 11 is 0. The molecule has 1 aliphatic rings. The van der Waals surface area contributed by atoms with Crippen molar-refractivity contribution in [2.75, 3.05) is 0 Å². The number of hydrogen-bond acceptors (Lipinski definition) is 3. The lowest BCUT2D eigenvalue weighted by molar-refractivity contribution is -0.139. The van der Waals surface area contributed by atoms with E-state index in [1.807, 2.05) is 36.5 Å². The zero-order valence-corrected chi connectivity index (χ0v) is 15.1. The number of rotatable bonds is 11. The van der Waals surface area contributed by atoms with Gasteiger partial charge < -0.3 is 9.84 Å². The molecule has 1 N–H and O–H groups in total. The van der Waals surface area contributed by atoms with E-state index < -0.39 is 6.10 Å². The molecule has 0 aromatic carbocycles. The summed E-state index contributed by atoms with van der Waals surface area (Å²) in [5.41, 5.74) is 0. The number of aliphatic hydroxyl groups excluding tert-OH is 1. The highest BCUT2D eigenvalue weighted by Gasteiger charge is 2.19. The van der Waals surface area contributed by atoms with Crippen molar-refractivity contribution in [2.45, 2.75) is 57.7 Å². The second-order valence-electron chi connectivity index (χ2n) is 5.82. The lowest BCUT2D eigenvalue weighted by Crippen LogP contribution is -2.01. The van der Waals surface area contributed by atoms with Crippen LogP contribution in [0, 0.1) is 0 Å². The fourth-order valence-electron chi connectivity index (χ4n) is 2.21. The molecule has 1 aliphatic heterocycles. The maximum absolute atomic E-state index is 10.9. The van der Waals surface area contributed by atoms with Gasteiger partial charge in [0.1, 0.15) is 6.10 Å². The van der Waals surface area contributed by atoms with Crippen LogP contribution in [-0.2, 0) is 9.53 Å². The fraction of sp³-hybridized carbons (Fsp3) is 0.409. The quantitative estimate of drug-likeness (QED) is 0.327. The summed E-state index contributed by atoms with van der Waals surface area (Å²) < 4.78 is 5.09. The first kappa shape index (κ1) is 20.9. The van der Waals surface area contributed by atoms with E-state index in [2.05, 4.69) is 37.3 Å². The van der Waals surface area contributed by atoms with Crippen LogP contribution >= 0.6 is 0 Å². The van der Waals surface area contributed by atoms with Gasteiger partial charge in [-0.05, 0) is 38.2 Å². The van der Waals surface area contributed by atoms with Crippen molar-refractivity contribution in [1.29, 1.82) is 0 Å². The molecule has 1 saturated heterocycles. The van der Waals surface area contributed by atoms with Gasteiger partial charge in [0.15, 0.2) is 0 Å². The molecule has 0 aromatic rings. The van der Waals surface area contributed by atoms with E-state index in [-0.39, 0.29) is 12.1 Å². The van der Waals surface area contributed by atoms with Crippen LogP contribution in [0.25, 0.3) is 0 Å². The Labute approximate surface area is 151 Å². The van der Waals surface area contributed by atoms with Crippen molar-refractivity contribution in [3.05, 3.63) is 72.9 Å². The van der Waals surface area contributed by atoms with Gasteiger partial charge in [-0.15, -0.1) is 0 Å². The van der Waals surface area contributed by atoms with Gasteiger partial charge in [0, 0.05) is 6.42 Å². The van der Waals surface area contributed by atoms with E-state index >= 15 is 0 Å². The molecule has 3 heteroatoms. The molecule has 136 valence electrons. The molecular weight excluding hydrogens is 312 g/mol. The predicted octanol–water partition coefficient (Wildman–Crippen LogP) is 4.97. The number of esters is 1. The Morgan fingerprint density at radius 2 is 1.76 bits per heavy atom. The highest BCUT2D eigenvalue weighted by atomic mass is 16.5. The molecular formula is C22H30O3. The topological polar surface area (TPSA) is 46.5 Å². The number of hydrogen-bond donors (Lipinski definition) is 1. The highest BCUT2D eigenvalue weighted by Crippen LogP contribution is 2.14. The number of carbonyl (C=O) groups excluding carboxylic acids is 1. The van der Waals surface area contributed by atoms with Crippen LogP contribution in [0.4, 0.5) is 0 Å². The molecule has 25 heavy (non-hydrogen) atoms. The van der Waals surface area contributed by atoms with E-state index in [1.165, 1.54) is 0 Å². The van der Waals surface area contributed by atoms with E-state index in [0.717, 1.165) is 25.7 Å². The second kappa shape index (κ2) is 14.2. The molecule has 0 bridgehead atoms. The lowest BCUT2D eigenvalue weighted by Gasteiger charge is -1.99. The zero-order chi connectivity index (χ0) is 18.2. The van der Waals surface area contributed by atoms with Gasteiger partial charge in [-0.1, -0.05) is 73.8 Å². The second-order valence-corrected chi connectivity index (χ2v) is 5.82. The van der Waals surface area contributed by atoms with Crippen molar-refractivity contribution < 1.29 is 14.6 Å². The van der Waals surface area contributed by atoms with Crippen molar-refractivity contribution in [1.82, 2.24) is 0 Å². The Hall–Kier alpha value is -2.13. The van der Waals surface area contributed by atoms with Crippen LogP contribution in [0.3, 0.4) is 0 Å². The van der Waals surface area contributed by atoms with Crippen LogP contribution in [-0.4, -0.2) is 23.3 Å². The summed E-state index contributed by atoms with van der Waals surface area (Å²) in [6.45, 7) is 2.08. The van der Waals surface area contributed by atoms with Crippen molar-refractivity contribution in [3.8, 4) is 0 Å². The average molecular weight is 342 g/mol. The summed E-state index contributed by atoms with van der Waals surface area (Å²) in [6, 6.07) is 0. The number of carbonyl (C=O) groups is 1. The minimum atomic E-state index is -0.408. The summed E-state index contributed by atoms with van der Waals surface area (Å²) in [4.78, 5) is 10.9. The molecule has 0 aromatic heterocycles. The highest BCUT2D eigenvalue weighted by molar-refractivity contribution is 5.71. The standard InChI is InChI=1S/C22H30O3/c1-2-3-12-15-20(23)16-13-10-8-6-4-5-7-9-11-14-17-21-18-19-22(24)25-21/h3-5,8-14,16-17,20-21,23H,2,6-7,15,18-19H2,1H3/b5-4-,10-8-,11-9-,12-3-,16-13+,17-14+/t20-,21+/m0/s1. The van der Waals surface area contributed by atoms with E-state index in [4.69, 9.17) is 4.74 Å². The molecule has 0 aliphatic carbocycles. The van der Waals surface area contributed by atoms with Gasteiger partial charge in [0.25, 0.3) is 0 Å². The molecule has 1 heterocycles. The van der Waals surface area contributed by atoms with Gasteiger partial charge in [-0.3, -0.25) is 4.79 Å². The van der Waals surface area contributed by atoms with Gasteiger partial charge in [-0.25, -0.2) is 0 Å². The minimum Gasteiger partial charge on any atom is -0.458 e. The van der Waals surface area contributed by atoms with Gasteiger partial charge in [0.2, 0.25) is 0 Å². The third kappa shape index (κ3) is 12.0. The van der Waals surface area contributed by atoms with Crippen molar-refractivity contribution in [2.24, 2.45) is 0 Å². The number of cyclic esters (lactones) is 1. The Bertz CT molecular complexity index is 535.